The molecule has 0 radical (unpaired) electrons. The number of rotatable bonds is 5. The average molecular weight is 440 g/mol. The molecule has 3 amide bonds. The Morgan fingerprint density at radius 1 is 1.23 bits per heavy atom. The van der Waals surface area contributed by atoms with Crippen LogP contribution in [0.5, 0.6) is 0 Å². The van der Waals surface area contributed by atoms with Crippen LogP contribution in [0.4, 0.5) is 16.2 Å². The van der Waals surface area contributed by atoms with Crippen molar-refractivity contribution in [1.29, 1.82) is 0 Å². The highest BCUT2D eigenvalue weighted by molar-refractivity contribution is 6.30. The van der Waals surface area contributed by atoms with Crippen LogP contribution in [0.3, 0.4) is 0 Å². The van der Waals surface area contributed by atoms with Crippen molar-refractivity contribution in [2.75, 3.05) is 16.8 Å². The van der Waals surface area contributed by atoms with Crippen molar-refractivity contribution in [1.82, 2.24) is 15.5 Å². The first kappa shape index (κ1) is 20.9. The van der Waals surface area contributed by atoms with E-state index < -0.39 is 0 Å². The molecule has 0 spiro atoms. The summed E-state index contributed by atoms with van der Waals surface area (Å²) < 4.78 is 5.45. The van der Waals surface area contributed by atoms with Crippen LogP contribution in [-0.2, 0) is 4.79 Å². The van der Waals surface area contributed by atoms with E-state index in [-0.39, 0.29) is 23.9 Å². The van der Waals surface area contributed by atoms with Crippen molar-refractivity contribution in [2.45, 2.75) is 32.2 Å². The molecule has 1 atom stereocenters. The van der Waals surface area contributed by atoms with Crippen LogP contribution < -0.4 is 15.5 Å². The first-order valence-electron chi connectivity index (χ1n) is 9.96. The van der Waals surface area contributed by atoms with Gasteiger partial charge in [0.1, 0.15) is 0 Å². The van der Waals surface area contributed by atoms with Gasteiger partial charge in [0.2, 0.25) is 17.6 Å². The van der Waals surface area contributed by atoms with Crippen LogP contribution in [0.1, 0.15) is 32.1 Å². The van der Waals surface area contributed by atoms with Gasteiger partial charge in [-0.25, -0.2) is 4.79 Å². The molecule has 0 bridgehead atoms. The maximum atomic E-state index is 12.5. The molecule has 1 saturated heterocycles. The molecule has 8 nitrogen and oxygen atoms in total. The zero-order chi connectivity index (χ0) is 22.0. The molecule has 2 aromatic carbocycles. The van der Waals surface area contributed by atoms with Crippen LogP contribution in [0.2, 0.25) is 5.02 Å². The Bertz CT molecular complexity index is 1100. The molecule has 160 valence electrons. The zero-order valence-corrected chi connectivity index (χ0v) is 17.9. The van der Waals surface area contributed by atoms with Crippen LogP contribution in [0.25, 0.3) is 11.4 Å². The van der Waals surface area contributed by atoms with Gasteiger partial charge in [0, 0.05) is 41.0 Å². The second-order valence-corrected chi connectivity index (χ2v) is 8.11. The summed E-state index contributed by atoms with van der Waals surface area (Å²) in [6, 6.07) is 14.1. The number of nitrogens with one attached hydrogen (secondary N) is 2. The van der Waals surface area contributed by atoms with Gasteiger partial charge in [-0.2, -0.15) is 4.98 Å². The molecular weight excluding hydrogens is 418 g/mol. The average Bonchev–Trinajstić information content (AvgIpc) is 3.35. The summed E-state index contributed by atoms with van der Waals surface area (Å²) in [5.74, 6) is 0.656. The molecule has 1 unspecified atom stereocenters. The van der Waals surface area contributed by atoms with Crippen molar-refractivity contribution < 1.29 is 14.1 Å². The molecular formula is C22H22ClN5O3. The molecule has 1 aliphatic heterocycles. The number of hydrogen-bond donors (Lipinski definition) is 2. The number of carbonyl (C=O) groups excluding carboxylic acids is 2. The first-order valence-corrected chi connectivity index (χ1v) is 10.3. The fourth-order valence-corrected chi connectivity index (χ4v) is 3.60. The highest BCUT2D eigenvalue weighted by Crippen LogP contribution is 2.33. The second-order valence-electron chi connectivity index (χ2n) is 7.67. The Balaban J connectivity index is 1.44. The Hall–Kier alpha value is -3.39. The zero-order valence-electron chi connectivity index (χ0n) is 17.1. The fourth-order valence-electron chi connectivity index (χ4n) is 3.42. The number of aromatic nitrogens is 2. The Kier molecular flexibility index (Phi) is 5.90. The topological polar surface area (TPSA) is 100 Å². The van der Waals surface area contributed by atoms with Gasteiger partial charge in [0.05, 0.1) is 5.92 Å². The predicted octanol–water partition coefficient (Wildman–Crippen LogP) is 4.44. The van der Waals surface area contributed by atoms with Gasteiger partial charge in [-0.15, -0.1) is 0 Å². The van der Waals surface area contributed by atoms with Gasteiger partial charge in [-0.05, 0) is 56.3 Å². The summed E-state index contributed by atoms with van der Waals surface area (Å²) in [5.41, 5.74) is 2.16. The van der Waals surface area contributed by atoms with Crippen LogP contribution >= 0.6 is 11.6 Å². The molecule has 1 aliphatic rings. The molecule has 2 heterocycles. The maximum absolute atomic E-state index is 12.5. The summed E-state index contributed by atoms with van der Waals surface area (Å²) in [5, 5.41) is 10.2. The first-order chi connectivity index (χ1) is 14.9. The minimum Gasteiger partial charge on any atom is -0.339 e. The molecule has 9 heteroatoms. The van der Waals surface area contributed by atoms with Gasteiger partial charge in [0.25, 0.3) is 0 Å². The molecule has 31 heavy (non-hydrogen) atoms. The van der Waals surface area contributed by atoms with Crippen molar-refractivity contribution in [3.8, 4) is 11.4 Å². The number of halogens is 1. The van der Waals surface area contributed by atoms with E-state index in [1.165, 1.54) is 0 Å². The van der Waals surface area contributed by atoms with Gasteiger partial charge in [-0.1, -0.05) is 22.8 Å². The summed E-state index contributed by atoms with van der Waals surface area (Å²) in [6.45, 7) is 4.24. The largest absolute Gasteiger partial charge is 0.339 e. The van der Waals surface area contributed by atoms with Gasteiger partial charge in [-0.3, -0.25) is 4.79 Å². The number of hydrogen-bond acceptors (Lipinski definition) is 5. The third-order valence-electron chi connectivity index (χ3n) is 4.86. The Morgan fingerprint density at radius 2 is 2.00 bits per heavy atom. The molecule has 3 aromatic rings. The fraction of sp³-hybridized carbons (Fsp3) is 0.273. The van der Waals surface area contributed by atoms with Gasteiger partial charge >= 0.3 is 6.03 Å². The third-order valence-corrected chi connectivity index (χ3v) is 5.09. The maximum Gasteiger partial charge on any atom is 0.319 e. The van der Waals surface area contributed by atoms with Crippen LogP contribution in [0.15, 0.2) is 53.1 Å². The normalized spacial score (nSPS) is 16.1. The predicted molar refractivity (Wildman–Crippen MR) is 118 cm³/mol. The summed E-state index contributed by atoms with van der Waals surface area (Å²) >= 11 is 6.05. The Labute approximate surface area is 184 Å². The number of amides is 3. The van der Waals surface area contributed by atoms with E-state index in [4.69, 9.17) is 16.1 Å². The van der Waals surface area contributed by atoms with Crippen molar-refractivity contribution in [2.24, 2.45) is 0 Å². The van der Waals surface area contributed by atoms with E-state index in [0.29, 0.717) is 35.4 Å². The molecule has 4 rings (SSSR count). The third kappa shape index (κ3) is 4.86. The standard InChI is InChI=1S/C22H22ClN5O3/c1-13(2)24-22(30)25-17-8-6-14(7-9-17)20-26-21(31-27-20)15-10-19(29)28(12-15)18-5-3-4-16(23)11-18/h3-9,11,13,15H,10,12H2,1-2H3,(H2,24,25,30). The van der Waals surface area contributed by atoms with E-state index in [0.717, 1.165) is 11.3 Å². The SMILES string of the molecule is CC(C)NC(=O)Nc1ccc(-c2noc(C3CC(=O)N(c4cccc(Cl)c4)C3)n2)cc1. The van der Waals surface area contributed by atoms with Crippen LogP contribution in [0, 0.1) is 0 Å². The van der Waals surface area contributed by atoms with Gasteiger partial charge in [0.15, 0.2) is 0 Å². The molecule has 1 fully saturated rings. The van der Waals surface area contributed by atoms with E-state index in [9.17, 15) is 9.59 Å². The lowest BCUT2D eigenvalue weighted by Crippen LogP contribution is -2.34. The number of nitrogens with zero attached hydrogens (tertiary/aromatic N) is 3. The summed E-state index contributed by atoms with van der Waals surface area (Å²) in [6.07, 6.45) is 0.294. The number of benzene rings is 2. The highest BCUT2D eigenvalue weighted by Gasteiger charge is 2.35. The molecule has 2 N–H and O–H groups in total. The lowest BCUT2D eigenvalue weighted by Gasteiger charge is -2.16. The van der Waals surface area contributed by atoms with Crippen molar-refractivity contribution >= 4 is 34.9 Å². The van der Waals surface area contributed by atoms with Gasteiger partial charge < -0.3 is 20.1 Å². The number of carbonyl (C=O) groups is 2. The van der Waals surface area contributed by atoms with E-state index in [1.54, 1.807) is 41.3 Å². The lowest BCUT2D eigenvalue weighted by atomic mass is 10.1. The lowest BCUT2D eigenvalue weighted by molar-refractivity contribution is -0.117. The summed E-state index contributed by atoms with van der Waals surface area (Å²) in [7, 11) is 0. The van der Waals surface area contributed by atoms with Crippen molar-refractivity contribution in [3.63, 3.8) is 0 Å². The number of urea groups is 1. The second kappa shape index (κ2) is 8.77. The highest BCUT2D eigenvalue weighted by atomic mass is 35.5. The molecule has 0 saturated carbocycles. The Morgan fingerprint density at radius 3 is 2.71 bits per heavy atom. The number of anilines is 2. The quantitative estimate of drug-likeness (QED) is 0.612. The van der Waals surface area contributed by atoms with E-state index in [2.05, 4.69) is 20.8 Å². The van der Waals surface area contributed by atoms with E-state index in [1.807, 2.05) is 26.0 Å². The smallest absolute Gasteiger partial charge is 0.319 e. The monoisotopic (exact) mass is 439 g/mol. The minimum atomic E-state index is -0.264. The van der Waals surface area contributed by atoms with Crippen LogP contribution in [-0.4, -0.2) is 34.7 Å². The minimum absolute atomic E-state index is 0.0119. The molecule has 1 aromatic heterocycles. The molecule has 0 aliphatic carbocycles. The van der Waals surface area contributed by atoms with E-state index >= 15 is 0 Å². The van der Waals surface area contributed by atoms with Crippen molar-refractivity contribution in [3.05, 3.63) is 59.4 Å². The summed E-state index contributed by atoms with van der Waals surface area (Å²) in [4.78, 5) is 30.5.